The average molecular weight is 382 g/mol. The molecule has 148 valence electrons. The molecule has 4 heterocycles. The van der Waals surface area contributed by atoms with Crippen molar-refractivity contribution in [1.29, 1.82) is 0 Å². The average Bonchev–Trinajstić information content (AvgIpc) is 3.08. The molecule has 0 aromatic carbocycles. The van der Waals surface area contributed by atoms with Gasteiger partial charge in [-0.2, -0.15) is 0 Å². The summed E-state index contributed by atoms with van der Waals surface area (Å²) < 4.78 is 8.65. The number of aromatic nitrogens is 3. The van der Waals surface area contributed by atoms with Crippen molar-refractivity contribution in [3.63, 3.8) is 0 Å². The van der Waals surface area contributed by atoms with Crippen LogP contribution in [-0.2, 0) is 11.3 Å². The lowest BCUT2D eigenvalue weighted by Crippen LogP contribution is -2.36. The van der Waals surface area contributed by atoms with Crippen molar-refractivity contribution in [2.24, 2.45) is 0 Å². The molecule has 1 fully saturated rings. The highest BCUT2D eigenvalue weighted by atomic mass is 16.5. The Balaban J connectivity index is 1.90. The number of ether oxygens (including phenoxy) is 1. The number of hydrogen-bond donors (Lipinski definition) is 0. The molecule has 0 atom stereocenters. The third kappa shape index (κ3) is 3.20. The highest BCUT2D eigenvalue weighted by Gasteiger charge is 2.25. The van der Waals surface area contributed by atoms with Gasteiger partial charge in [-0.25, -0.2) is 4.98 Å². The molecule has 0 N–H and O–H groups in total. The Kier molecular flexibility index (Phi) is 5.17. The largest absolute Gasteiger partial charge is 0.385 e. The van der Waals surface area contributed by atoms with Crippen LogP contribution in [0.4, 0.5) is 0 Å². The fraction of sp³-hybridized carbons (Fsp3) is 0.476. The zero-order valence-electron chi connectivity index (χ0n) is 16.5. The van der Waals surface area contributed by atoms with Gasteiger partial charge in [-0.3, -0.25) is 14.0 Å². The van der Waals surface area contributed by atoms with Gasteiger partial charge in [0.25, 0.3) is 11.5 Å². The summed E-state index contributed by atoms with van der Waals surface area (Å²) in [5, 5.41) is 0.487. The van der Waals surface area contributed by atoms with Gasteiger partial charge >= 0.3 is 0 Å². The van der Waals surface area contributed by atoms with E-state index in [2.05, 4.69) is 0 Å². The molecule has 1 aliphatic rings. The van der Waals surface area contributed by atoms with E-state index in [1.165, 1.54) is 0 Å². The maximum absolute atomic E-state index is 13.2. The minimum Gasteiger partial charge on any atom is -0.385 e. The summed E-state index contributed by atoms with van der Waals surface area (Å²) in [5.74, 6) is -0.0136. The first-order valence-electron chi connectivity index (χ1n) is 9.91. The third-order valence-corrected chi connectivity index (χ3v) is 5.48. The highest BCUT2D eigenvalue weighted by molar-refractivity contribution is 5.98. The summed E-state index contributed by atoms with van der Waals surface area (Å²) in [6, 6.07) is 5.50. The molecule has 1 aliphatic heterocycles. The number of pyridine rings is 1. The Labute approximate surface area is 163 Å². The summed E-state index contributed by atoms with van der Waals surface area (Å²) in [4.78, 5) is 33.0. The molecular formula is C21H26N4O3. The number of hydrogen-bond acceptors (Lipinski definition) is 4. The van der Waals surface area contributed by atoms with Crippen molar-refractivity contribution in [2.75, 3.05) is 26.8 Å². The molecular weight excluding hydrogens is 356 g/mol. The molecule has 3 aromatic heterocycles. The third-order valence-electron chi connectivity index (χ3n) is 5.48. The smallest absolute Gasteiger partial charge is 0.270 e. The number of methoxy groups -OCH3 is 1. The van der Waals surface area contributed by atoms with Crippen molar-refractivity contribution in [2.45, 2.75) is 39.2 Å². The molecule has 0 radical (unpaired) electrons. The highest BCUT2D eigenvalue weighted by Crippen LogP contribution is 2.21. The Morgan fingerprint density at radius 2 is 2.00 bits per heavy atom. The van der Waals surface area contributed by atoms with E-state index >= 15 is 0 Å². The minimum absolute atomic E-state index is 0.0136. The summed E-state index contributed by atoms with van der Waals surface area (Å²) in [5.41, 5.74) is 2.54. The lowest BCUT2D eigenvalue weighted by atomic mass is 10.1. The molecule has 4 rings (SSSR count). The number of piperidine rings is 1. The fourth-order valence-corrected chi connectivity index (χ4v) is 3.99. The van der Waals surface area contributed by atoms with Crippen molar-refractivity contribution in [3.8, 4) is 0 Å². The number of amides is 1. The normalized spacial score (nSPS) is 14.9. The van der Waals surface area contributed by atoms with E-state index in [1.54, 1.807) is 23.8 Å². The van der Waals surface area contributed by atoms with Gasteiger partial charge in [0.2, 0.25) is 0 Å². The summed E-state index contributed by atoms with van der Waals surface area (Å²) in [7, 11) is 1.66. The quantitative estimate of drug-likeness (QED) is 0.636. The molecule has 1 amide bonds. The molecule has 0 saturated carbocycles. The maximum atomic E-state index is 13.2. The van der Waals surface area contributed by atoms with E-state index in [0.717, 1.165) is 44.3 Å². The standard InChI is InChI=1S/C21H26N4O3/c1-15-8-6-11-25-18(15)22-19-16(20(25)26)14-17(24(19)12-7-13-28-2)21(27)23-9-4-3-5-10-23/h6,8,11,14H,3-5,7,9-10,12-13H2,1-2H3. The van der Waals surface area contributed by atoms with Crippen LogP contribution in [-0.4, -0.2) is 51.6 Å². The van der Waals surface area contributed by atoms with Crippen LogP contribution in [0, 0.1) is 6.92 Å². The predicted molar refractivity (Wildman–Crippen MR) is 108 cm³/mol. The Morgan fingerprint density at radius 1 is 1.21 bits per heavy atom. The van der Waals surface area contributed by atoms with Gasteiger partial charge in [0.1, 0.15) is 17.0 Å². The monoisotopic (exact) mass is 382 g/mol. The number of likely N-dealkylation sites (tertiary alicyclic amines) is 1. The maximum Gasteiger partial charge on any atom is 0.270 e. The lowest BCUT2D eigenvalue weighted by Gasteiger charge is -2.27. The van der Waals surface area contributed by atoms with E-state index in [9.17, 15) is 9.59 Å². The summed E-state index contributed by atoms with van der Waals surface area (Å²) in [6.45, 7) is 4.65. The van der Waals surface area contributed by atoms with Gasteiger partial charge in [-0.15, -0.1) is 0 Å². The van der Waals surface area contributed by atoms with Gasteiger partial charge in [-0.05, 0) is 50.3 Å². The lowest BCUT2D eigenvalue weighted by molar-refractivity contribution is 0.0713. The second-order valence-electron chi connectivity index (χ2n) is 7.42. The Morgan fingerprint density at radius 3 is 2.75 bits per heavy atom. The van der Waals surface area contributed by atoms with Crippen molar-refractivity contribution in [1.82, 2.24) is 18.9 Å². The number of rotatable bonds is 5. The van der Waals surface area contributed by atoms with Crippen LogP contribution in [0.15, 0.2) is 29.2 Å². The van der Waals surface area contributed by atoms with Crippen LogP contribution in [0.1, 0.15) is 41.7 Å². The molecule has 0 aliphatic carbocycles. The first kappa shape index (κ1) is 18.7. The first-order chi connectivity index (χ1) is 13.6. The number of carbonyl (C=O) groups is 1. The second kappa shape index (κ2) is 7.75. The van der Waals surface area contributed by atoms with Crippen LogP contribution in [0.25, 0.3) is 16.7 Å². The molecule has 0 bridgehead atoms. The number of carbonyl (C=O) groups excluding carboxylic acids is 1. The van der Waals surface area contributed by atoms with Gasteiger partial charge in [-0.1, -0.05) is 6.07 Å². The molecule has 0 spiro atoms. The van der Waals surface area contributed by atoms with Crippen LogP contribution >= 0.6 is 0 Å². The predicted octanol–water partition coefficient (Wildman–Crippen LogP) is 2.62. The van der Waals surface area contributed by atoms with E-state index in [-0.39, 0.29) is 11.5 Å². The minimum atomic E-state index is -0.137. The van der Waals surface area contributed by atoms with Gasteiger partial charge < -0.3 is 14.2 Å². The van der Waals surface area contributed by atoms with Crippen molar-refractivity contribution in [3.05, 3.63) is 46.0 Å². The number of nitrogens with zero attached hydrogens (tertiary/aromatic N) is 4. The number of fused-ring (bicyclic) bond motifs is 2. The summed E-state index contributed by atoms with van der Waals surface area (Å²) >= 11 is 0. The molecule has 3 aromatic rings. The van der Waals surface area contributed by atoms with Gasteiger partial charge in [0, 0.05) is 39.5 Å². The van der Waals surface area contributed by atoms with Crippen LogP contribution in [0.3, 0.4) is 0 Å². The van der Waals surface area contributed by atoms with Crippen molar-refractivity contribution < 1.29 is 9.53 Å². The molecule has 1 saturated heterocycles. The van der Waals surface area contributed by atoms with E-state index in [0.29, 0.717) is 35.5 Å². The van der Waals surface area contributed by atoms with Gasteiger partial charge in [0.15, 0.2) is 0 Å². The van der Waals surface area contributed by atoms with Crippen LogP contribution in [0.5, 0.6) is 0 Å². The van der Waals surface area contributed by atoms with E-state index in [4.69, 9.17) is 9.72 Å². The second-order valence-corrected chi connectivity index (χ2v) is 7.42. The number of aryl methyl sites for hydroxylation is 2. The topological polar surface area (TPSA) is 68.8 Å². The summed E-state index contributed by atoms with van der Waals surface area (Å²) in [6.07, 6.45) is 5.69. The van der Waals surface area contributed by atoms with Crippen molar-refractivity contribution >= 4 is 22.6 Å². The molecule has 7 heteroatoms. The molecule has 7 nitrogen and oxygen atoms in total. The van der Waals surface area contributed by atoms with Crippen LogP contribution < -0.4 is 5.56 Å². The van der Waals surface area contributed by atoms with E-state index in [1.807, 2.05) is 28.5 Å². The molecule has 28 heavy (non-hydrogen) atoms. The fourth-order valence-electron chi connectivity index (χ4n) is 3.99. The van der Waals surface area contributed by atoms with Gasteiger partial charge in [0.05, 0.1) is 5.39 Å². The Bertz CT molecular complexity index is 1080. The Hall–Kier alpha value is -2.67. The molecule has 0 unspecified atom stereocenters. The van der Waals surface area contributed by atoms with Crippen LogP contribution in [0.2, 0.25) is 0 Å². The first-order valence-corrected chi connectivity index (χ1v) is 9.91. The van der Waals surface area contributed by atoms with E-state index < -0.39 is 0 Å². The zero-order valence-corrected chi connectivity index (χ0v) is 16.5. The zero-order chi connectivity index (χ0) is 19.7. The SMILES string of the molecule is COCCCn1c(C(=O)N2CCCCC2)cc2c(=O)n3cccc(C)c3nc21.